The number of carboxylic acid groups (broad SMARTS) is 1. The van der Waals surface area contributed by atoms with Crippen LogP contribution in [0.25, 0.3) is 0 Å². The third-order valence-electron chi connectivity index (χ3n) is 3.07. The van der Waals surface area contributed by atoms with E-state index < -0.39 is 30.0 Å². The summed E-state index contributed by atoms with van der Waals surface area (Å²) in [5.74, 6) is -1.92. The fraction of sp³-hybridized carbons (Fsp3) is 0.250. The standard InChI is InChI=1S/C12H10Cl2N2O4/c1-12(6-2-3-7(13)8(14)4-6)10(19)16(5-9(17)18)11(20)15-12/h2-4H,5H2,1H3,(H,15,20)(H,17,18)/t12-/m0/s1. The summed E-state index contributed by atoms with van der Waals surface area (Å²) in [5, 5.41) is 11.7. The molecular formula is C12H10Cl2N2O4. The molecule has 6 nitrogen and oxygen atoms in total. The number of carbonyl (C=O) groups is 3. The number of hydrogen-bond acceptors (Lipinski definition) is 3. The smallest absolute Gasteiger partial charge is 0.325 e. The fourth-order valence-corrected chi connectivity index (χ4v) is 2.28. The van der Waals surface area contributed by atoms with Gasteiger partial charge in [0.05, 0.1) is 10.0 Å². The van der Waals surface area contributed by atoms with E-state index in [-0.39, 0.29) is 5.02 Å². The van der Waals surface area contributed by atoms with Crippen molar-refractivity contribution in [2.45, 2.75) is 12.5 Å². The minimum Gasteiger partial charge on any atom is -0.480 e. The predicted octanol–water partition coefficient (Wildman–Crippen LogP) is 1.84. The number of urea groups is 1. The van der Waals surface area contributed by atoms with Gasteiger partial charge in [-0.15, -0.1) is 0 Å². The SMILES string of the molecule is C[C@@]1(c2ccc(Cl)c(Cl)c2)NC(=O)N(CC(=O)O)C1=O. The number of carbonyl (C=O) groups excluding carboxylic acids is 2. The summed E-state index contributed by atoms with van der Waals surface area (Å²) in [4.78, 5) is 35.3. The monoisotopic (exact) mass is 316 g/mol. The summed E-state index contributed by atoms with van der Waals surface area (Å²) in [7, 11) is 0. The fourth-order valence-electron chi connectivity index (χ4n) is 1.98. The summed E-state index contributed by atoms with van der Waals surface area (Å²) in [6.07, 6.45) is 0. The molecule has 0 aromatic heterocycles. The lowest BCUT2D eigenvalue weighted by Crippen LogP contribution is -2.41. The van der Waals surface area contributed by atoms with Crippen molar-refractivity contribution in [1.29, 1.82) is 0 Å². The summed E-state index contributed by atoms with van der Waals surface area (Å²) >= 11 is 11.7. The lowest BCUT2D eigenvalue weighted by molar-refractivity contribution is -0.142. The number of hydrogen-bond donors (Lipinski definition) is 2. The zero-order chi connectivity index (χ0) is 15.1. The van der Waals surface area contributed by atoms with Crippen LogP contribution in [0, 0.1) is 0 Å². The van der Waals surface area contributed by atoms with Gasteiger partial charge in [0.1, 0.15) is 12.1 Å². The number of rotatable bonds is 3. The molecule has 1 atom stereocenters. The molecule has 3 amide bonds. The molecule has 1 aliphatic rings. The van der Waals surface area contributed by atoms with E-state index in [0.717, 1.165) is 0 Å². The summed E-state index contributed by atoms with van der Waals surface area (Å²) in [6.45, 7) is 0.788. The van der Waals surface area contributed by atoms with Gasteiger partial charge in [-0.05, 0) is 24.6 Å². The molecule has 1 fully saturated rings. The first-order valence-electron chi connectivity index (χ1n) is 5.57. The van der Waals surface area contributed by atoms with Crippen LogP contribution in [0.15, 0.2) is 18.2 Å². The molecule has 2 N–H and O–H groups in total. The molecule has 2 rings (SSSR count). The number of nitrogens with zero attached hydrogens (tertiary/aromatic N) is 1. The van der Waals surface area contributed by atoms with E-state index in [1.165, 1.54) is 19.1 Å². The van der Waals surface area contributed by atoms with Gasteiger partial charge in [0.15, 0.2) is 0 Å². The van der Waals surface area contributed by atoms with Gasteiger partial charge in [-0.3, -0.25) is 14.5 Å². The number of aliphatic carboxylic acids is 1. The first-order chi connectivity index (χ1) is 9.25. The second-order valence-electron chi connectivity index (χ2n) is 4.47. The van der Waals surface area contributed by atoms with E-state index >= 15 is 0 Å². The summed E-state index contributed by atoms with van der Waals surface area (Å²) in [5.41, 5.74) is -0.932. The van der Waals surface area contributed by atoms with Crippen molar-refractivity contribution in [2.24, 2.45) is 0 Å². The van der Waals surface area contributed by atoms with Gasteiger partial charge in [-0.25, -0.2) is 4.79 Å². The van der Waals surface area contributed by atoms with Gasteiger partial charge in [-0.2, -0.15) is 0 Å². The molecule has 1 aliphatic heterocycles. The van der Waals surface area contributed by atoms with E-state index in [1.54, 1.807) is 6.07 Å². The molecule has 1 aromatic rings. The van der Waals surface area contributed by atoms with E-state index in [2.05, 4.69) is 5.32 Å². The van der Waals surface area contributed by atoms with E-state index in [9.17, 15) is 14.4 Å². The molecule has 0 radical (unpaired) electrons. The van der Waals surface area contributed by atoms with Gasteiger partial charge in [0, 0.05) is 0 Å². The highest BCUT2D eigenvalue weighted by Crippen LogP contribution is 2.32. The Balaban J connectivity index is 2.40. The second-order valence-corrected chi connectivity index (χ2v) is 5.28. The zero-order valence-electron chi connectivity index (χ0n) is 10.3. The molecule has 0 unspecified atom stereocenters. The molecule has 0 aliphatic carbocycles. The Labute approximate surface area is 124 Å². The van der Waals surface area contributed by atoms with Crippen LogP contribution in [0.1, 0.15) is 12.5 Å². The zero-order valence-corrected chi connectivity index (χ0v) is 11.8. The van der Waals surface area contributed by atoms with Crippen LogP contribution in [-0.4, -0.2) is 34.5 Å². The highest BCUT2D eigenvalue weighted by molar-refractivity contribution is 6.42. The van der Waals surface area contributed by atoms with Crippen molar-refractivity contribution in [1.82, 2.24) is 10.2 Å². The van der Waals surface area contributed by atoms with E-state index in [1.807, 2.05) is 0 Å². The van der Waals surface area contributed by atoms with Crippen LogP contribution in [0.4, 0.5) is 4.79 Å². The highest BCUT2D eigenvalue weighted by Gasteiger charge is 2.49. The maximum absolute atomic E-state index is 12.3. The third-order valence-corrected chi connectivity index (χ3v) is 3.80. The Morgan fingerprint density at radius 2 is 2.00 bits per heavy atom. The number of halogens is 2. The van der Waals surface area contributed by atoms with E-state index in [0.29, 0.717) is 15.5 Å². The summed E-state index contributed by atoms with van der Waals surface area (Å²) < 4.78 is 0. The maximum atomic E-state index is 12.3. The Morgan fingerprint density at radius 3 is 2.55 bits per heavy atom. The maximum Gasteiger partial charge on any atom is 0.325 e. The predicted molar refractivity (Wildman–Crippen MR) is 71.7 cm³/mol. The third kappa shape index (κ3) is 2.32. The van der Waals surface area contributed by atoms with Crippen LogP contribution in [0.5, 0.6) is 0 Å². The van der Waals surface area contributed by atoms with Crippen molar-refractivity contribution in [2.75, 3.05) is 6.54 Å². The molecule has 20 heavy (non-hydrogen) atoms. The average Bonchev–Trinajstić information content (AvgIpc) is 2.57. The molecule has 1 saturated heterocycles. The van der Waals surface area contributed by atoms with Crippen LogP contribution in [0.2, 0.25) is 10.0 Å². The van der Waals surface area contributed by atoms with E-state index in [4.69, 9.17) is 28.3 Å². The second kappa shape index (κ2) is 4.96. The molecule has 0 saturated carbocycles. The largest absolute Gasteiger partial charge is 0.480 e. The Kier molecular flexibility index (Phi) is 3.62. The average molecular weight is 317 g/mol. The number of benzene rings is 1. The van der Waals surface area contributed by atoms with Crippen LogP contribution in [0.3, 0.4) is 0 Å². The van der Waals surface area contributed by atoms with Crippen molar-refractivity contribution >= 4 is 41.1 Å². The molecule has 8 heteroatoms. The lowest BCUT2D eigenvalue weighted by Gasteiger charge is -2.22. The minimum atomic E-state index is -1.36. The number of carboxylic acids is 1. The number of amides is 3. The van der Waals surface area contributed by atoms with Crippen molar-refractivity contribution in [3.8, 4) is 0 Å². The van der Waals surface area contributed by atoms with Crippen molar-refractivity contribution in [3.63, 3.8) is 0 Å². The Bertz CT molecular complexity index is 619. The molecular weight excluding hydrogens is 307 g/mol. The van der Waals surface area contributed by atoms with Gasteiger partial charge < -0.3 is 10.4 Å². The van der Waals surface area contributed by atoms with Crippen molar-refractivity contribution < 1.29 is 19.5 Å². The van der Waals surface area contributed by atoms with Crippen LogP contribution in [-0.2, 0) is 15.1 Å². The molecule has 106 valence electrons. The Hall–Kier alpha value is -1.79. The first kappa shape index (κ1) is 14.6. The van der Waals surface area contributed by atoms with Gasteiger partial charge >= 0.3 is 12.0 Å². The normalized spacial score (nSPS) is 22.1. The topological polar surface area (TPSA) is 86.7 Å². The molecule has 1 aromatic carbocycles. The lowest BCUT2D eigenvalue weighted by atomic mass is 9.92. The van der Waals surface area contributed by atoms with Gasteiger partial charge in [-0.1, -0.05) is 29.3 Å². The molecule has 0 spiro atoms. The highest BCUT2D eigenvalue weighted by atomic mass is 35.5. The quantitative estimate of drug-likeness (QED) is 0.833. The summed E-state index contributed by atoms with van der Waals surface area (Å²) in [6, 6.07) is 3.76. The van der Waals surface area contributed by atoms with Crippen LogP contribution < -0.4 is 5.32 Å². The number of imide groups is 1. The molecule has 0 bridgehead atoms. The Morgan fingerprint density at radius 1 is 1.35 bits per heavy atom. The minimum absolute atomic E-state index is 0.240. The first-order valence-corrected chi connectivity index (χ1v) is 6.32. The molecule has 1 heterocycles. The van der Waals surface area contributed by atoms with Crippen LogP contribution >= 0.6 is 23.2 Å². The number of nitrogens with one attached hydrogen (secondary N) is 1. The van der Waals surface area contributed by atoms with Gasteiger partial charge in [0.2, 0.25) is 0 Å². The van der Waals surface area contributed by atoms with Gasteiger partial charge in [0.25, 0.3) is 5.91 Å². The van der Waals surface area contributed by atoms with Crippen molar-refractivity contribution in [3.05, 3.63) is 33.8 Å².